The number of carbonyl (C=O) groups excluding carboxylic acids is 2. The van der Waals surface area contributed by atoms with Gasteiger partial charge in [-0.25, -0.2) is 14.0 Å². The van der Waals surface area contributed by atoms with Gasteiger partial charge in [-0.2, -0.15) is 0 Å². The molecule has 2 amide bonds. The third-order valence-corrected chi connectivity index (χ3v) is 11.0. The predicted octanol–water partition coefficient (Wildman–Crippen LogP) is 8.58. The van der Waals surface area contributed by atoms with Crippen molar-refractivity contribution in [2.75, 3.05) is 33.0 Å². The second-order valence-corrected chi connectivity index (χ2v) is 16.3. The van der Waals surface area contributed by atoms with Crippen LogP contribution in [0.2, 0.25) is 0 Å². The minimum Gasteiger partial charge on any atom is -0.459 e. The second kappa shape index (κ2) is 21.0. The minimum atomic E-state index is -1.55. The largest absolute Gasteiger partial charge is 0.459 e. The lowest BCUT2D eigenvalue weighted by molar-refractivity contribution is -0.256. The quantitative estimate of drug-likeness (QED) is 0.0679. The number of aliphatic hydroxyl groups is 2. The molecule has 2 aromatic carbocycles. The van der Waals surface area contributed by atoms with Crippen LogP contribution < -0.4 is 14.8 Å². The third-order valence-electron chi connectivity index (χ3n) is 11.0. The molecule has 322 valence electrons. The molecule has 0 aromatic heterocycles. The van der Waals surface area contributed by atoms with Crippen molar-refractivity contribution >= 4 is 17.9 Å². The van der Waals surface area contributed by atoms with Crippen molar-refractivity contribution in [1.29, 1.82) is 0 Å². The van der Waals surface area contributed by atoms with Gasteiger partial charge in [0.05, 0.1) is 24.8 Å². The summed E-state index contributed by atoms with van der Waals surface area (Å²) in [5.41, 5.74) is 2.28. The number of hydrogen-bond donors (Lipinski definition) is 3. The van der Waals surface area contributed by atoms with Gasteiger partial charge in [0.2, 0.25) is 5.79 Å². The van der Waals surface area contributed by atoms with E-state index in [-0.39, 0.29) is 57.1 Å². The highest BCUT2D eigenvalue weighted by Crippen LogP contribution is 2.62. The van der Waals surface area contributed by atoms with E-state index in [1.807, 2.05) is 33.8 Å². The first-order chi connectivity index (χ1) is 28.4. The highest BCUT2D eigenvalue weighted by Gasteiger charge is 2.65. The summed E-state index contributed by atoms with van der Waals surface area (Å²) in [5.74, 6) is -2.11. The van der Waals surface area contributed by atoms with Gasteiger partial charge in [-0.3, -0.25) is 4.90 Å². The Morgan fingerprint density at radius 1 is 1.05 bits per heavy atom. The van der Waals surface area contributed by atoms with Gasteiger partial charge in [0.15, 0.2) is 0 Å². The van der Waals surface area contributed by atoms with Gasteiger partial charge in [0.25, 0.3) is 0 Å². The number of hydrogen-bond acceptors (Lipinski definition) is 10. The Morgan fingerprint density at radius 3 is 2.44 bits per heavy atom. The molecular formula is C46H62FN3O9. The Kier molecular flexibility index (Phi) is 16.1. The van der Waals surface area contributed by atoms with E-state index in [0.717, 1.165) is 36.8 Å². The number of carbonyl (C=O) groups is 2. The molecule has 0 spiro atoms. The first-order valence-electron chi connectivity index (χ1n) is 20.9. The SMILES string of the molecule is C=CCCOC(=O)N(Cc1ccc(F)cc1)C1CC(=NOC(C)(C)C)C2=CC(CCCCO)C(CCCCO)C3c4cc(OC(=O)NCC)ccc4OC1(OCC=C)C23. The molecule has 12 nitrogen and oxygen atoms in total. The van der Waals surface area contributed by atoms with Crippen LogP contribution >= 0.6 is 0 Å². The molecule has 6 unspecified atom stereocenters. The number of unbranched alkanes of at least 4 members (excludes halogenated alkanes) is 2. The van der Waals surface area contributed by atoms with Gasteiger partial charge in [0.1, 0.15) is 29.0 Å². The van der Waals surface area contributed by atoms with E-state index in [1.165, 1.54) is 12.1 Å². The molecule has 3 N–H and O–H groups in total. The lowest BCUT2D eigenvalue weighted by atomic mass is 9.55. The number of ether oxygens (including phenoxy) is 4. The lowest BCUT2D eigenvalue weighted by Gasteiger charge is -2.60. The average molecular weight is 820 g/mol. The molecule has 0 saturated heterocycles. The molecule has 59 heavy (non-hydrogen) atoms. The predicted molar refractivity (Wildman–Crippen MR) is 224 cm³/mol. The normalized spacial score (nSPS) is 23.8. The first-order valence-corrected chi connectivity index (χ1v) is 20.9. The van der Waals surface area contributed by atoms with Crippen molar-refractivity contribution in [2.24, 2.45) is 22.9 Å². The smallest absolute Gasteiger partial charge is 0.412 e. The molecular weight excluding hydrogens is 758 g/mol. The number of fused-ring (bicyclic) bond motifs is 2. The van der Waals surface area contributed by atoms with Crippen LogP contribution in [0.3, 0.4) is 0 Å². The number of nitrogens with zero attached hydrogens (tertiary/aromatic N) is 2. The van der Waals surface area contributed by atoms with E-state index in [0.29, 0.717) is 48.6 Å². The number of rotatable bonds is 20. The maximum Gasteiger partial charge on any atom is 0.412 e. The highest BCUT2D eigenvalue weighted by molar-refractivity contribution is 6.03. The fourth-order valence-corrected chi connectivity index (χ4v) is 8.59. The van der Waals surface area contributed by atoms with Crippen LogP contribution in [-0.2, 0) is 20.9 Å². The standard InChI is InChI=1S/C46H62FN3O9/c1-7-10-26-55-44(54)50(30-31-17-19-33(47)20-18-31)40-29-38(49-59-45(4,5)6)36-27-32(15-11-13-23-51)35(16-12-14-24-52)41-37-28-34(57-43(53)48-9-3)21-22-39(37)58-46(40,42(36)41)56-25-8-2/h7-8,17-22,27-28,32,35,40-42,51-52H,1-2,9-16,23-26,29-30H2,3-6H3,(H,48,53). The second-order valence-electron chi connectivity index (χ2n) is 16.3. The molecule has 1 aliphatic heterocycles. The van der Waals surface area contributed by atoms with Crippen LogP contribution in [0, 0.1) is 23.6 Å². The van der Waals surface area contributed by atoms with E-state index in [1.54, 1.807) is 41.3 Å². The van der Waals surface area contributed by atoms with Crippen LogP contribution in [0.15, 0.2) is 84.6 Å². The summed E-state index contributed by atoms with van der Waals surface area (Å²) < 4.78 is 40.1. The van der Waals surface area contributed by atoms with Crippen LogP contribution in [0.4, 0.5) is 14.0 Å². The maximum absolute atomic E-state index is 14.5. The first kappa shape index (κ1) is 45.4. The summed E-state index contributed by atoms with van der Waals surface area (Å²) in [5, 5.41) is 27.3. The van der Waals surface area contributed by atoms with E-state index in [4.69, 9.17) is 28.9 Å². The number of allylic oxidation sites excluding steroid dienone is 1. The molecule has 0 radical (unpaired) electrons. The molecule has 1 fully saturated rings. The van der Waals surface area contributed by atoms with Gasteiger partial charge >= 0.3 is 12.2 Å². The third kappa shape index (κ3) is 11.1. The highest BCUT2D eigenvalue weighted by atomic mass is 19.1. The van der Waals surface area contributed by atoms with E-state index >= 15 is 0 Å². The zero-order chi connectivity index (χ0) is 42.6. The number of oxime groups is 1. The Labute approximate surface area is 348 Å². The summed E-state index contributed by atoms with van der Waals surface area (Å²) in [6, 6.07) is 10.4. The van der Waals surface area contributed by atoms with Crippen molar-refractivity contribution in [3.05, 3.63) is 96.4 Å². The van der Waals surface area contributed by atoms with Crippen LogP contribution in [0.1, 0.15) is 96.1 Å². The van der Waals surface area contributed by atoms with Crippen molar-refractivity contribution in [3.63, 3.8) is 0 Å². The van der Waals surface area contributed by atoms with Crippen molar-refractivity contribution in [1.82, 2.24) is 10.2 Å². The van der Waals surface area contributed by atoms with Crippen LogP contribution in [0.5, 0.6) is 11.5 Å². The molecule has 1 saturated carbocycles. The van der Waals surface area contributed by atoms with E-state index < -0.39 is 41.4 Å². The summed E-state index contributed by atoms with van der Waals surface area (Å²) in [4.78, 5) is 35.0. The molecule has 1 heterocycles. The molecule has 13 heteroatoms. The number of amides is 2. The summed E-state index contributed by atoms with van der Waals surface area (Å²) in [7, 11) is 0. The van der Waals surface area contributed by atoms with Gasteiger partial charge in [-0.15, -0.1) is 13.2 Å². The Morgan fingerprint density at radius 2 is 1.78 bits per heavy atom. The van der Waals surface area contributed by atoms with Crippen LogP contribution in [0.25, 0.3) is 0 Å². The number of nitrogens with one attached hydrogen (secondary N) is 1. The zero-order valence-corrected chi connectivity index (χ0v) is 35.0. The molecule has 5 rings (SSSR count). The summed E-state index contributed by atoms with van der Waals surface area (Å²) >= 11 is 0. The van der Waals surface area contributed by atoms with Crippen molar-refractivity contribution in [3.8, 4) is 11.5 Å². The molecule has 2 aliphatic carbocycles. The zero-order valence-electron chi connectivity index (χ0n) is 35.0. The summed E-state index contributed by atoms with van der Waals surface area (Å²) in [6.45, 7) is 16.0. The Balaban J connectivity index is 1.81. The fourth-order valence-electron chi connectivity index (χ4n) is 8.59. The Bertz CT molecular complexity index is 1810. The molecule has 2 aromatic rings. The van der Waals surface area contributed by atoms with Crippen molar-refractivity contribution < 1.29 is 48.0 Å². The number of aliphatic hydroxyl groups excluding tert-OH is 2. The minimum absolute atomic E-state index is 0.00286. The van der Waals surface area contributed by atoms with E-state index in [9.17, 15) is 24.2 Å². The molecule has 6 atom stereocenters. The average Bonchev–Trinajstić information content (AvgIpc) is 3.20. The van der Waals surface area contributed by atoms with E-state index in [2.05, 4.69) is 24.6 Å². The van der Waals surface area contributed by atoms with Gasteiger partial charge in [0, 0.05) is 44.2 Å². The summed E-state index contributed by atoms with van der Waals surface area (Å²) in [6.07, 6.45) is 9.18. The topological polar surface area (TPSA) is 148 Å². The lowest BCUT2D eigenvalue weighted by Crippen LogP contribution is -2.70. The molecule has 0 bridgehead atoms. The van der Waals surface area contributed by atoms with Gasteiger partial charge < -0.3 is 39.3 Å². The monoisotopic (exact) mass is 819 g/mol. The molecule has 3 aliphatic rings. The number of benzene rings is 2. The van der Waals surface area contributed by atoms with Gasteiger partial charge in [-0.05, 0) is 113 Å². The maximum atomic E-state index is 14.5. The number of halogens is 1. The van der Waals surface area contributed by atoms with Gasteiger partial charge in [-0.1, -0.05) is 48.4 Å². The Hall–Kier alpha value is -4.72. The fraction of sp³-hybridized carbons (Fsp3) is 0.543. The van der Waals surface area contributed by atoms with Crippen molar-refractivity contribution in [2.45, 2.75) is 109 Å². The van der Waals surface area contributed by atoms with Crippen LogP contribution in [-0.4, -0.2) is 83.4 Å².